The molecule has 3 aromatic carbocycles. The number of carbonyl (C=O) groups is 2. The van der Waals surface area contributed by atoms with Crippen molar-refractivity contribution in [1.82, 2.24) is 4.90 Å². The van der Waals surface area contributed by atoms with E-state index in [1.807, 2.05) is 84.9 Å². The predicted molar refractivity (Wildman–Crippen MR) is 122 cm³/mol. The van der Waals surface area contributed by atoms with Crippen molar-refractivity contribution in [2.45, 2.75) is 18.9 Å². The number of amides is 2. The average molecular weight is 415 g/mol. The van der Waals surface area contributed by atoms with Crippen LogP contribution < -0.4 is 4.90 Å². The van der Waals surface area contributed by atoms with Gasteiger partial charge in [-0.2, -0.15) is 0 Å². The van der Waals surface area contributed by atoms with E-state index >= 15 is 0 Å². The first-order valence-electron chi connectivity index (χ1n) is 10.6. The number of anilines is 1. The van der Waals surface area contributed by atoms with Crippen molar-refractivity contribution in [2.24, 2.45) is 0 Å². The fraction of sp³-hybridized carbons (Fsp3) is 0.231. The number of hydrogen-bond acceptors (Lipinski definition) is 3. The number of aliphatic hydroxyl groups excluding tert-OH is 1. The number of benzene rings is 3. The maximum atomic E-state index is 13.2. The van der Waals surface area contributed by atoms with E-state index in [1.54, 1.807) is 9.80 Å². The highest BCUT2D eigenvalue weighted by Gasteiger charge is 2.36. The number of piperazine rings is 1. The van der Waals surface area contributed by atoms with E-state index in [0.29, 0.717) is 13.0 Å². The number of hydrogen-bond donors (Lipinski definition) is 1. The van der Waals surface area contributed by atoms with Gasteiger partial charge in [0, 0.05) is 18.5 Å². The van der Waals surface area contributed by atoms with Crippen LogP contribution in [-0.4, -0.2) is 47.6 Å². The molecule has 0 spiro atoms. The lowest BCUT2D eigenvalue weighted by atomic mass is 9.98. The lowest BCUT2D eigenvalue weighted by molar-refractivity contribution is -0.140. The van der Waals surface area contributed by atoms with Crippen LogP contribution in [0.4, 0.5) is 5.69 Å². The highest BCUT2D eigenvalue weighted by molar-refractivity contribution is 6.01. The average Bonchev–Trinajstić information content (AvgIpc) is 2.81. The smallest absolute Gasteiger partial charge is 0.246 e. The molecule has 5 nitrogen and oxygen atoms in total. The van der Waals surface area contributed by atoms with Crippen LogP contribution in [-0.2, 0) is 16.0 Å². The van der Waals surface area contributed by atoms with Gasteiger partial charge in [0.2, 0.25) is 11.8 Å². The largest absolute Gasteiger partial charge is 0.396 e. The fourth-order valence-corrected chi connectivity index (χ4v) is 4.17. The molecule has 1 atom stereocenters. The Labute approximate surface area is 182 Å². The van der Waals surface area contributed by atoms with Crippen LogP contribution in [0.3, 0.4) is 0 Å². The second-order valence-corrected chi connectivity index (χ2v) is 7.73. The molecule has 0 aliphatic carbocycles. The van der Waals surface area contributed by atoms with Gasteiger partial charge in [0.15, 0.2) is 0 Å². The highest BCUT2D eigenvalue weighted by atomic mass is 16.3. The third-order valence-corrected chi connectivity index (χ3v) is 5.68. The van der Waals surface area contributed by atoms with Gasteiger partial charge in [-0.15, -0.1) is 0 Å². The normalized spacial score (nSPS) is 16.4. The lowest BCUT2D eigenvalue weighted by Crippen LogP contribution is -2.59. The molecule has 0 aromatic heterocycles. The third kappa shape index (κ3) is 4.67. The van der Waals surface area contributed by atoms with Crippen LogP contribution in [0.1, 0.15) is 12.0 Å². The molecule has 3 aromatic rings. The number of nitrogens with zero attached hydrogens (tertiary/aromatic N) is 2. The van der Waals surface area contributed by atoms with E-state index < -0.39 is 0 Å². The van der Waals surface area contributed by atoms with E-state index in [2.05, 4.69) is 0 Å². The molecule has 2 amide bonds. The molecule has 1 saturated heterocycles. The summed E-state index contributed by atoms with van der Waals surface area (Å²) in [7, 11) is 0. The second kappa shape index (κ2) is 9.58. The summed E-state index contributed by atoms with van der Waals surface area (Å²) in [4.78, 5) is 29.3. The van der Waals surface area contributed by atoms with Gasteiger partial charge in [0.1, 0.15) is 6.54 Å². The Morgan fingerprint density at radius 3 is 2.26 bits per heavy atom. The van der Waals surface area contributed by atoms with Crippen molar-refractivity contribution in [1.29, 1.82) is 0 Å². The third-order valence-electron chi connectivity index (χ3n) is 5.68. The zero-order chi connectivity index (χ0) is 21.6. The summed E-state index contributed by atoms with van der Waals surface area (Å²) in [5.74, 6) is -0.299. The topological polar surface area (TPSA) is 60.9 Å². The summed E-state index contributed by atoms with van der Waals surface area (Å²) in [5.41, 5.74) is 4.00. The van der Waals surface area contributed by atoms with Gasteiger partial charge in [-0.05, 0) is 23.6 Å². The Bertz CT molecular complexity index is 1040. The Morgan fingerprint density at radius 1 is 0.903 bits per heavy atom. The molecule has 1 unspecified atom stereocenters. The summed E-state index contributed by atoms with van der Waals surface area (Å²) in [6.07, 6.45) is 0.675. The predicted octanol–water partition coefficient (Wildman–Crippen LogP) is 3.52. The summed E-state index contributed by atoms with van der Waals surface area (Å²) in [6, 6.07) is 27.7. The summed E-state index contributed by atoms with van der Waals surface area (Å²) in [5, 5.41) is 9.26. The standard InChI is InChI=1S/C26H26N2O3/c29-16-15-25(30)27-19-26(31)28(18-22(27)17-20-9-3-1-4-10-20)24-14-8-7-13-23(24)21-11-5-2-6-12-21/h1-14,22,29H,15-19H2. The van der Waals surface area contributed by atoms with Crippen LogP contribution in [0, 0.1) is 0 Å². The van der Waals surface area contributed by atoms with E-state index in [0.717, 1.165) is 22.4 Å². The number of para-hydroxylation sites is 1. The zero-order valence-electron chi connectivity index (χ0n) is 17.4. The van der Waals surface area contributed by atoms with Crippen molar-refractivity contribution < 1.29 is 14.7 Å². The Balaban J connectivity index is 1.67. The van der Waals surface area contributed by atoms with E-state index in [1.165, 1.54) is 0 Å². The molecule has 0 radical (unpaired) electrons. The SMILES string of the molecule is O=C1CN(C(=O)CCO)C(Cc2ccccc2)CN1c1ccccc1-c1ccccc1. The molecule has 1 aliphatic rings. The van der Waals surface area contributed by atoms with Gasteiger partial charge >= 0.3 is 0 Å². The summed E-state index contributed by atoms with van der Waals surface area (Å²) < 4.78 is 0. The van der Waals surface area contributed by atoms with Crippen molar-refractivity contribution in [3.05, 3.63) is 90.5 Å². The maximum absolute atomic E-state index is 13.2. The molecule has 0 saturated carbocycles. The molecule has 1 fully saturated rings. The number of carbonyl (C=O) groups excluding carboxylic acids is 2. The quantitative estimate of drug-likeness (QED) is 0.671. The molecule has 158 valence electrons. The minimum absolute atomic E-state index is 0.0134. The van der Waals surface area contributed by atoms with Crippen molar-refractivity contribution in [3.8, 4) is 11.1 Å². The lowest BCUT2D eigenvalue weighted by Gasteiger charge is -2.41. The van der Waals surface area contributed by atoms with Gasteiger partial charge in [-0.1, -0.05) is 78.9 Å². The first-order chi connectivity index (χ1) is 15.2. The van der Waals surface area contributed by atoms with Crippen LogP contribution in [0.25, 0.3) is 11.1 Å². The van der Waals surface area contributed by atoms with Gasteiger partial charge < -0.3 is 14.9 Å². The van der Waals surface area contributed by atoms with Gasteiger partial charge in [-0.3, -0.25) is 9.59 Å². The zero-order valence-corrected chi connectivity index (χ0v) is 17.4. The first-order valence-corrected chi connectivity index (χ1v) is 10.6. The van der Waals surface area contributed by atoms with Crippen molar-refractivity contribution in [2.75, 3.05) is 24.6 Å². The van der Waals surface area contributed by atoms with Crippen LogP contribution in [0.5, 0.6) is 0 Å². The molecular weight excluding hydrogens is 388 g/mol. The molecule has 1 heterocycles. The number of aliphatic hydroxyl groups is 1. The van der Waals surface area contributed by atoms with Gasteiger partial charge in [0.25, 0.3) is 0 Å². The van der Waals surface area contributed by atoms with Crippen LogP contribution >= 0.6 is 0 Å². The molecule has 1 aliphatic heterocycles. The molecular formula is C26H26N2O3. The Kier molecular flexibility index (Phi) is 6.43. The monoisotopic (exact) mass is 414 g/mol. The summed E-state index contributed by atoms with van der Waals surface area (Å²) >= 11 is 0. The van der Waals surface area contributed by atoms with Crippen molar-refractivity contribution in [3.63, 3.8) is 0 Å². The van der Waals surface area contributed by atoms with E-state index in [4.69, 9.17) is 0 Å². The van der Waals surface area contributed by atoms with Crippen LogP contribution in [0.2, 0.25) is 0 Å². The fourth-order valence-electron chi connectivity index (χ4n) is 4.17. The minimum Gasteiger partial charge on any atom is -0.396 e. The van der Waals surface area contributed by atoms with Gasteiger partial charge in [-0.25, -0.2) is 0 Å². The number of rotatable bonds is 6. The van der Waals surface area contributed by atoms with Crippen LogP contribution in [0.15, 0.2) is 84.9 Å². The minimum atomic E-state index is -0.220. The van der Waals surface area contributed by atoms with Gasteiger partial charge in [0.05, 0.1) is 18.3 Å². The Morgan fingerprint density at radius 2 is 1.55 bits per heavy atom. The highest BCUT2D eigenvalue weighted by Crippen LogP contribution is 2.33. The molecule has 0 bridgehead atoms. The maximum Gasteiger partial charge on any atom is 0.246 e. The molecule has 4 rings (SSSR count). The molecule has 31 heavy (non-hydrogen) atoms. The molecule has 1 N–H and O–H groups in total. The van der Waals surface area contributed by atoms with Crippen molar-refractivity contribution >= 4 is 17.5 Å². The summed E-state index contributed by atoms with van der Waals surface area (Å²) in [6.45, 7) is 0.205. The Hall–Kier alpha value is -3.44. The molecule has 5 heteroatoms. The first kappa shape index (κ1) is 20.8. The van der Waals surface area contributed by atoms with E-state index in [9.17, 15) is 14.7 Å². The second-order valence-electron chi connectivity index (χ2n) is 7.73. The van der Waals surface area contributed by atoms with E-state index in [-0.39, 0.29) is 37.4 Å².